The van der Waals surface area contributed by atoms with Gasteiger partial charge in [0.2, 0.25) is 17.7 Å². The van der Waals surface area contributed by atoms with Crippen molar-refractivity contribution in [3.8, 4) is 0 Å². The zero-order valence-electron chi connectivity index (χ0n) is 20.1. The van der Waals surface area contributed by atoms with E-state index in [4.69, 9.17) is 0 Å². The third kappa shape index (κ3) is 4.58. The van der Waals surface area contributed by atoms with E-state index in [0.29, 0.717) is 12.5 Å². The minimum Gasteiger partial charge on any atom is -0.351 e. The van der Waals surface area contributed by atoms with Crippen LogP contribution in [0.2, 0.25) is 0 Å². The number of hydrogen-bond donors (Lipinski definition) is 1. The summed E-state index contributed by atoms with van der Waals surface area (Å²) >= 11 is 0. The van der Waals surface area contributed by atoms with Gasteiger partial charge in [-0.25, -0.2) is 8.78 Å². The van der Waals surface area contributed by atoms with Gasteiger partial charge in [0.1, 0.15) is 11.6 Å². The van der Waals surface area contributed by atoms with Crippen molar-refractivity contribution in [1.29, 1.82) is 0 Å². The molecule has 1 aliphatic carbocycles. The maximum Gasteiger partial charge on any atom is 0.282 e. The molecule has 192 valence electrons. The molecule has 3 fully saturated rings. The summed E-state index contributed by atoms with van der Waals surface area (Å²) in [5.74, 6) is -3.32. The van der Waals surface area contributed by atoms with Gasteiger partial charge in [-0.05, 0) is 36.0 Å². The van der Waals surface area contributed by atoms with Gasteiger partial charge in [0.05, 0.1) is 24.5 Å². The Kier molecular flexibility index (Phi) is 6.75. The van der Waals surface area contributed by atoms with Crippen molar-refractivity contribution in [2.24, 2.45) is 23.7 Å². The molecule has 0 aromatic heterocycles. The fraction of sp³-hybridized carbons (Fsp3) is 0.609. The molecular formula is C23H30F2N4O5S. The number of likely N-dealkylation sites (N-methyl/N-ethyl adjacent to an activating group) is 1. The Labute approximate surface area is 203 Å². The Morgan fingerprint density at radius 1 is 1.11 bits per heavy atom. The molecule has 0 spiro atoms. The van der Waals surface area contributed by atoms with Gasteiger partial charge in [-0.1, -0.05) is 20.8 Å². The maximum atomic E-state index is 13.3. The molecular weight excluding hydrogens is 482 g/mol. The largest absolute Gasteiger partial charge is 0.351 e. The van der Waals surface area contributed by atoms with Gasteiger partial charge in [0.25, 0.3) is 10.2 Å². The van der Waals surface area contributed by atoms with E-state index < -0.39 is 52.3 Å². The van der Waals surface area contributed by atoms with Gasteiger partial charge in [-0.2, -0.15) is 17.0 Å². The molecule has 12 heteroatoms. The molecule has 3 aliphatic rings. The van der Waals surface area contributed by atoms with E-state index in [0.717, 1.165) is 16.4 Å². The highest BCUT2D eigenvalue weighted by Gasteiger charge is 2.60. The SMILES string of the molecule is C[C@@H]1C(=O)N(C(=O)C2[C@@H](C)[C@H]2C)[C@H]2CCN(S(=O)(=O)N(C)CC(=O)NCc3cc(F)cc(F)c3)[C@H]12. The van der Waals surface area contributed by atoms with Gasteiger partial charge in [-0.15, -0.1) is 0 Å². The zero-order valence-corrected chi connectivity index (χ0v) is 20.9. The molecule has 2 aliphatic heterocycles. The zero-order chi connectivity index (χ0) is 25.8. The summed E-state index contributed by atoms with van der Waals surface area (Å²) in [7, 11) is -2.87. The number of nitrogens with zero attached hydrogens (tertiary/aromatic N) is 3. The van der Waals surface area contributed by atoms with Crippen LogP contribution in [-0.2, 0) is 31.1 Å². The number of rotatable bonds is 7. The van der Waals surface area contributed by atoms with Crippen LogP contribution in [0.1, 0.15) is 32.8 Å². The van der Waals surface area contributed by atoms with E-state index >= 15 is 0 Å². The van der Waals surface area contributed by atoms with Crippen LogP contribution in [0.5, 0.6) is 0 Å². The van der Waals surface area contributed by atoms with E-state index in [1.165, 1.54) is 16.3 Å². The molecule has 4 rings (SSSR count). The van der Waals surface area contributed by atoms with Crippen LogP contribution in [0.4, 0.5) is 8.78 Å². The Hall–Kier alpha value is -2.44. The number of amides is 3. The number of carbonyl (C=O) groups excluding carboxylic acids is 3. The summed E-state index contributed by atoms with van der Waals surface area (Å²) in [6.07, 6.45) is 0.340. The molecule has 1 aromatic rings. The molecule has 1 unspecified atom stereocenters. The van der Waals surface area contributed by atoms with E-state index in [9.17, 15) is 31.6 Å². The molecule has 0 radical (unpaired) electrons. The Balaban J connectivity index is 1.41. The second-order valence-electron chi connectivity index (χ2n) is 9.85. The van der Waals surface area contributed by atoms with Crippen molar-refractivity contribution in [3.63, 3.8) is 0 Å². The first-order valence-corrected chi connectivity index (χ1v) is 13.1. The number of hydrogen-bond acceptors (Lipinski definition) is 5. The maximum absolute atomic E-state index is 13.3. The minimum atomic E-state index is -4.12. The molecule has 35 heavy (non-hydrogen) atoms. The van der Waals surface area contributed by atoms with E-state index in [-0.39, 0.29) is 48.2 Å². The third-order valence-electron chi connectivity index (χ3n) is 7.66. The lowest BCUT2D eigenvalue weighted by molar-refractivity contribution is -0.146. The number of likely N-dealkylation sites (tertiary alicyclic amines) is 1. The molecule has 1 saturated carbocycles. The van der Waals surface area contributed by atoms with Crippen molar-refractivity contribution >= 4 is 27.9 Å². The van der Waals surface area contributed by atoms with Crippen molar-refractivity contribution in [3.05, 3.63) is 35.4 Å². The van der Waals surface area contributed by atoms with E-state index in [1.54, 1.807) is 6.92 Å². The highest BCUT2D eigenvalue weighted by molar-refractivity contribution is 7.86. The van der Waals surface area contributed by atoms with E-state index in [1.807, 2.05) is 13.8 Å². The predicted molar refractivity (Wildman–Crippen MR) is 121 cm³/mol. The number of benzene rings is 1. The van der Waals surface area contributed by atoms with Crippen LogP contribution in [0.25, 0.3) is 0 Å². The lowest BCUT2D eigenvalue weighted by atomic mass is 10.0. The molecule has 6 atom stereocenters. The lowest BCUT2D eigenvalue weighted by Gasteiger charge is -2.29. The average molecular weight is 513 g/mol. The van der Waals surface area contributed by atoms with Crippen LogP contribution in [0, 0.1) is 35.3 Å². The van der Waals surface area contributed by atoms with Gasteiger partial charge < -0.3 is 5.32 Å². The summed E-state index contributed by atoms with van der Waals surface area (Å²) in [6.45, 7) is 5.00. The number of carbonyl (C=O) groups is 3. The lowest BCUT2D eigenvalue weighted by Crippen LogP contribution is -2.50. The van der Waals surface area contributed by atoms with Crippen LogP contribution in [-0.4, -0.2) is 71.9 Å². The monoisotopic (exact) mass is 512 g/mol. The van der Waals surface area contributed by atoms with Crippen LogP contribution in [0.15, 0.2) is 18.2 Å². The van der Waals surface area contributed by atoms with Crippen molar-refractivity contribution in [2.45, 2.75) is 45.8 Å². The fourth-order valence-corrected chi connectivity index (χ4v) is 7.02. The average Bonchev–Trinajstić information content (AvgIpc) is 3.09. The Morgan fingerprint density at radius 2 is 1.71 bits per heavy atom. The first kappa shape index (κ1) is 25.6. The van der Waals surface area contributed by atoms with Gasteiger partial charge in [0.15, 0.2) is 0 Å². The number of imide groups is 1. The number of halogens is 2. The Bertz CT molecular complexity index is 1130. The minimum absolute atomic E-state index is 0.128. The normalized spacial score (nSPS) is 30.6. The fourth-order valence-electron chi connectivity index (χ4n) is 5.41. The quantitative estimate of drug-likeness (QED) is 0.551. The molecule has 1 N–H and O–H groups in total. The molecule has 1 aromatic carbocycles. The first-order chi connectivity index (χ1) is 16.3. The highest BCUT2D eigenvalue weighted by Crippen LogP contribution is 2.49. The summed E-state index contributed by atoms with van der Waals surface area (Å²) in [5.41, 5.74) is 0.200. The van der Waals surface area contributed by atoms with Gasteiger partial charge >= 0.3 is 0 Å². The smallest absolute Gasteiger partial charge is 0.282 e. The first-order valence-electron chi connectivity index (χ1n) is 11.7. The summed E-state index contributed by atoms with van der Waals surface area (Å²) < 4.78 is 55.4. The topological polar surface area (TPSA) is 107 Å². The standard InChI is InChI=1S/C23H30F2N4O5S/c1-12-13(2)20(12)23(32)29-18-5-6-28(21(18)14(3)22(29)31)35(33,34)27(4)11-19(30)26-10-15-7-16(24)9-17(25)8-15/h7-9,12-14,18,20-21H,5-6,10-11H2,1-4H3,(H,26,30)/t12-,13+,14-,18-,20?,21+/m0/s1. The van der Waals surface area contributed by atoms with E-state index in [2.05, 4.69) is 5.32 Å². The Morgan fingerprint density at radius 3 is 2.29 bits per heavy atom. The van der Waals surface area contributed by atoms with Gasteiger partial charge in [-0.3, -0.25) is 19.3 Å². The van der Waals surface area contributed by atoms with Crippen molar-refractivity contribution < 1.29 is 31.6 Å². The summed E-state index contributed by atoms with van der Waals surface area (Å²) in [5, 5.41) is 2.45. The van der Waals surface area contributed by atoms with Crippen LogP contribution >= 0.6 is 0 Å². The predicted octanol–water partition coefficient (Wildman–Crippen LogP) is 1.11. The third-order valence-corrected chi connectivity index (χ3v) is 9.59. The van der Waals surface area contributed by atoms with Crippen molar-refractivity contribution in [1.82, 2.24) is 18.8 Å². The van der Waals surface area contributed by atoms with Crippen LogP contribution < -0.4 is 5.32 Å². The second-order valence-corrected chi connectivity index (χ2v) is 11.8. The molecule has 2 heterocycles. The number of fused-ring (bicyclic) bond motifs is 1. The number of nitrogens with one attached hydrogen (secondary N) is 1. The molecule has 3 amide bonds. The van der Waals surface area contributed by atoms with Crippen LogP contribution in [0.3, 0.4) is 0 Å². The molecule has 2 saturated heterocycles. The van der Waals surface area contributed by atoms with Gasteiger partial charge in [0, 0.05) is 32.1 Å². The highest BCUT2D eigenvalue weighted by atomic mass is 32.2. The summed E-state index contributed by atoms with van der Waals surface area (Å²) in [4.78, 5) is 39.6. The molecule has 9 nitrogen and oxygen atoms in total. The van der Waals surface area contributed by atoms with Crippen molar-refractivity contribution in [2.75, 3.05) is 20.1 Å². The summed E-state index contributed by atoms with van der Waals surface area (Å²) in [6, 6.07) is 1.64. The molecule has 0 bridgehead atoms. The second kappa shape index (κ2) is 9.21.